The molecule has 31 heavy (non-hydrogen) atoms. The molecule has 0 atom stereocenters. The summed E-state index contributed by atoms with van der Waals surface area (Å²) in [5.41, 5.74) is 3.60. The molecular formula is C22H24N6O3. The van der Waals surface area contributed by atoms with Crippen molar-refractivity contribution < 1.29 is 14.0 Å². The van der Waals surface area contributed by atoms with Crippen LogP contribution in [-0.4, -0.2) is 53.1 Å². The van der Waals surface area contributed by atoms with Gasteiger partial charge in [0.25, 0.3) is 0 Å². The molecule has 0 unspecified atom stereocenters. The van der Waals surface area contributed by atoms with Gasteiger partial charge >= 0.3 is 17.8 Å². The summed E-state index contributed by atoms with van der Waals surface area (Å²) in [6.07, 6.45) is 0. The standard InChI is InChI=1S/C22H24N6O3/c1-15-3-5-18(6-4-15)24-22-26-25-21(31-22)20(30)23-17-7-9-19(10-8-17)28-13-11-27(12-14-28)16(2)29/h3-10H,11-14H2,1-2H3,(H,23,30)(H,24,26). The van der Waals surface area contributed by atoms with Crippen LogP contribution in [0.1, 0.15) is 23.2 Å². The van der Waals surface area contributed by atoms with Crippen LogP contribution < -0.4 is 15.5 Å². The molecule has 0 saturated carbocycles. The average Bonchev–Trinajstić information content (AvgIpc) is 3.25. The molecule has 0 aliphatic carbocycles. The van der Waals surface area contributed by atoms with Crippen molar-refractivity contribution >= 4 is 34.9 Å². The number of aromatic nitrogens is 2. The van der Waals surface area contributed by atoms with E-state index in [2.05, 4.69) is 25.7 Å². The van der Waals surface area contributed by atoms with Crippen LogP contribution in [0, 0.1) is 6.92 Å². The van der Waals surface area contributed by atoms with Crippen molar-refractivity contribution in [3.05, 3.63) is 60.0 Å². The monoisotopic (exact) mass is 420 g/mol. The van der Waals surface area contributed by atoms with Crippen LogP contribution in [0.5, 0.6) is 0 Å². The Labute approximate surface area is 180 Å². The number of nitrogens with one attached hydrogen (secondary N) is 2. The summed E-state index contributed by atoms with van der Waals surface area (Å²) >= 11 is 0. The highest BCUT2D eigenvalue weighted by Crippen LogP contribution is 2.21. The van der Waals surface area contributed by atoms with Gasteiger partial charge < -0.3 is 24.9 Å². The van der Waals surface area contributed by atoms with Gasteiger partial charge in [0.15, 0.2) is 0 Å². The molecule has 160 valence electrons. The predicted octanol–water partition coefficient (Wildman–Crippen LogP) is 3.04. The number of carbonyl (C=O) groups excluding carboxylic acids is 2. The molecule has 9 heteroatoms. The Kier molecular flexibility index (Phi) is 5.83. The van der Waals surface area contributed by atoms with Gasteiger partial charge in [0, 0.05) is 50.2 Å². The van der Waals surface area contributed by atoms with Crippen LogP contribution in [0.3, 0.4) is 0 Å². The summed E-state index contributed by atoms with van der Waals surface area (Å²) in [6.45, 7) is 6.58. The fourth-order valence-electron chi connectivity index (χ4n) is 3.35. The Morgan fingerprint density at radius 2 is 1.55 bits per heavy atom. The quantitative estimate of drug-likeness (QED) is 0.654. The number of carbonyl (C=O) groups is 2. The van der Waals surface area contributed by atoms with E-state index in [1.807, 2.05) is 60.4 Å². The van der Waals surface area contributed by atoms with Crippen molar-refractivity contribution in [2.75, 3.05) is 41.7 Å². The van der Waals surface area contributed by atoms with E-state index in [-0.39, 0.29) is 17.8 Å². The third-order valence-corrected chi connectivity index (χ3v) is 5.14. The minimum Gasteiger partial charge on any atom is -0.399 e. The third-order valence-electron chi connectivity index (χ3n) is 5.14. The van der Waals surface area contributed by atoms with Crippen molar-refractivity contribution in [1.82, 2.24) is 15.1 Å². The lowest BCUT2D eigenvalue weighted by Crippen LogP contribution is -2.48. The molecule has 2 aromatic carbocycles. The molecule has 0 radical (unpaired) electrons. The maximum atomic E-state index is 12.4. The van der Waals surface area contributed by atoms with Crippen molar-refractivity contribution in [2.24, 2.45) is 0 Å². The summed E-state index contributed by atoms with van der Waals surface area (Å²) in [7, 11) is 0. The first-order chi connectivity index (χ1) is 15.0. The van der Waals surface area contributed by atoms with Crippen LogP contribution in [0.25, 0.3) is 0 Å². The Balaban J connectivity index is 1.33. The Hall–Kier alpha value is -3.88. The van der Waals surface area contributed by atoms with Gasteiger partial charge in [0.05, 0.1) is 0 Å². The second-order valence-electron chi connectivity index (χ2n) is 7.40. The highest BCUT2D eigenvalue weighted by Gasteiger charge is 2.19. The zero-order valence-electron chi connectivity index (χ0n) is 17.5. The number of aryl methyl sites for hydroxylation is 1. The summed E-state index contributed by atoms with van der Waals surface area (Å²) in [5, 5.41) is 13.4. The molecule has 1 fully saturated rings. The maximum absolute atomic E-state index is 12.4. The van der Waals surface area contributed by atoms with E-state index in [1.54, 1.807) is 6.92 Å². The molecule has 9 nitrogen and oxygen atoms in total. The summed E-state index contributed by atoms with van der Waals surface area (Å²) < 4.78 is 5.41. The number of benzene rings is 2. The predicted molar refractivity (Wildman–Crippen MR) is 118 cm³/mol. The van der Waals surface area contributed by atoms with Gasteiger partial charge in [0.2, 0.25) is 5.91 Å². The Bertz CT molecular complexity index is 1050. The van der Waals surface area contributed by atoms with Gasteiger partial charge in [-0.15, -0.1) is 5.10 Å². The van der Waals surface area contributed by atoms with E-state index in [1.165, 1.54) is 0 Å². The van der Waals surface area contributed by atoms with E-state index in [9.17, 15) is 9.59 Å². The lowest BCUT2D eigenvalue weighted by atomic mass is 10.2. The minimum absolute atomic E-state index is 0.107. The second kappa shape index (κ2) is 8.86. The van der Waals surface area contributed by atoms with Crippen LogP contribution in [-0.2, 0) is 4.79 Å². The zero-order valence-corrected chi connectivity index (χ0v) is 17.5. The van der Waals surface area contributed by atoms with Gasteiger partial charge in [-0.25, -0.2) is 0 Å². The first-order valence-electron chi connectivity index (χ1n) is 10.1. The van der Waals surface area contributed by atoms with E-state index >= 15 is 0 Å². The molecule has 2 heterocycles. The number of nitrogens with zero attached hydrogens (tertiary/aromatic N) is 4. The number of piperazine rings is 1. The molecular weight excluding hydrogens is 396 g/mol. The van der Waals surface area contributed by atoms with Crippen molar-refractivity contribution in [2.45, 2.75) is 13.8 Å². The molecule has 1 aliphatic rings. The first kappa shape index (κ1) is 20.4. The molecule has 0 bridgehead atoms. The molecule has 1 saturated heterocycles. The van der Waals surface area contributed by atoms with Gasteiger partial charge in [-0.2, -0.15) is 0 Å². The van der Waals surface area contributed by atoms with Crippen LogP contribution in [0.4, 0.5) is 23.1 Å². The molecule has 1 aliphatic heterocycles. The van der Waals surface area contributed by atoms with E-state index in [0.29, 0.717) is 18.8 Å². The number of rotatable bonds is 5. The lowest BCUT2D eigenvalue weighted by Gasteiger charge is -2.35. The fraction of sp³-hybridized carbons (Fsp3) is 0.273. The molecule has 2 amide bonds. The van der Waals surface area contributed by atoms with E-state index in [0.717, 1.165) is 30.0 Å². The van der Waals surface area contributed by atoms with Crippen LogP contribution in [0.2, 0.25) is 0 Å². The van der Waals surface area contributed by atoms with Gasteiger partial charge in [-0.05, 0) is 43.3 Å². The summed E-state index contributed by atoms with van der Waals surface area (Å²) in [5.74, 6) is -0.498. The number of anilines is 4. The topological polar surface area (TPSA) is 104 Å². The number of hydrogen-bond acceptors (Lipinski definition) is 7. The second-order valence-corrected chi connectivity index (χ2v) is 7.40. The van der Waals surface area contributed by atoms with E-state index < -0.39 is 5.91 Å². The highest BCUT2D eigenvalue weighted by molar-refractivity contribution is 6.01. The largest absolute Gasteiger partial charge is 0.399 e. The zero-order chi connectivity index (χ0) is 21.8. The Morgan fingerprint density at radius 1 is 0.903 bits per heavy atom. The molecule has 3 aromatic rings. The van der Waals surface area contributed by atoms with Gasteiger partial charge in [-0.3, -0.25) is 9.59 Å². The van der Waals surface area contributed by atoms with E-state index in [4.69, 9.17) is 4.42 Å². The smallest absolute Gasteiger partial charge is 0.320 e. The Morgan fingerprint density at radius 3 is 2.19 bits per heavy atom. The molecule has 4 rings (SSSR count). The molecule has 2 N–H and O–H groups in total. The first-order valence-corrected chi connectivity index (χ1v) is 10.1. The lowest BCUT2D eigenvalue weighted by molar-refractivity contribution is -0.129. The van der Waals surface area contributed by atoms with Crippen LogP contribution >= 0.6 is 0 Å². The maximum Gasteiger partial charge on any atom is 0.320 e. The highest BCUT2D eigenvalue weighted by atomic mass is 16.4. The molecule has 1 aromatic heterocycles. The SMILES string of the molecule is CC(=O)N1CCN(c2ccc(NC(=O)c3nnc(Nc4ccc(C)cc4)o3)cc2)CC1. The van der Waals surface area contributed by atoms with Crippen LogP contribution in [0.15, 0.2) is 52.9 Å². The van der Waals surface area contributed by atoms with Crippen molar-refractivity contribution in [1.29, 1.82) is 0 Å². The van der Waals surface area contributed by atoms with Crippen molar-refractivity contribution in [3.63, 3.8) is 0 Å². The number of amides is 2. The van der Waals surface area contributed by atoms with Gasteiger partial charge in [0.1, 0.15) is 0 Å². The van der Waals surface area contributed by atoms with Crippen molar-refractivity contribution in [3.8, 4) is 0 Å². The molecule has 0 spiro atoms. The average molecular weight is 420 g/mol. The number of hydrogen-bond donors (Lipinski definition) is 2. The summed E-state index contributed by atoms with van der Waals surface area (Å²) in [6, 6.07) is 15.4. The normalized spacial score (nSPS) is 13.7. The minimum atomic E-state index is -0.479. The summed E-state index contributed by atoms with van der Waals surface area (Å²) in [4.78, 5) is 27.9. The van der Waals surface area contributed by atoms with Gasteiger partial charge in [-0.1, -0.05) is 22.8 Å². The fourth-order valence-corrected chi connectivity index (χ4v) is 3.35. The third kappa shape index (κ3) is 5.00.